The second kappa shape index (κ2) is 6.72. The van der Waals surface area contributed by atoms with E-state index in [1.807, 2.05) is 18.2 Å². The summed E-state index contributed by atoms with van der Waals surface area (Å²) in [5.74, 6) is 1.58. The van der Waals surface area contributed by atoms with Gasteiger partial charge < -0.3 is 19.7 Å². The van der Waals surface area contributed by atoms with Gasteiger partial charge in [-0.3, -0.25) is 4.90 Å². The topological polar surface area (TPSA) is 62.2 Å². The highest BCUT2D eigenvalue weighted by Gasteiger charge is 2.73. The fourth-order valence-electron chi connectivity index (χ4n) is 7.38. The average molecular weight is 434 g/mol. The van der Waals surface area contributed by atoms with Gasteiger partial charge in [0.05, 0.1) is 23.7 Å². The molecule has 2 heterocycles. The molecule has 1 saturated heterocycles. The Morgan fingerprint density at radius 3 is 2.72 bits per heavy atom. The molecule has 1 spiro atoms. The molecule has 2 unspecified atom stereocenters. The van der Waals surface area contributed by atoms with Gasteiger partial charge in [-0.25, -0.2) is 0 Å². The zero-order chi connectivity index (χ0) is 21.5. The minimum absolute atomic E-state index is 0.108. The second-order valence-electron chi connectivity index (χ2n) is 10.7. The van der Waals surface area contributed by atoms with Crippen LogP contribution in [0.3, 0.4) is 0 Å². The van der Waals surface area contributed by atoms with Crippen LogP contribution in [0.1, 0.15) is 48.8 Å². The first-order chi connectivity index (χ1) is 15.6. The van der Waals surface area contributed by atoms with E-state index in [1.165, 1.54) is 18.4 Å². The Morgan fingerprint density at radius 2 is 1.91 bits per heavy atom. The van der Waals surface area contributed by atoms with Crippen LogP contribution in [0.5, 0.6) is 11.5 Å². The van der Waals surface area contributed by atoms with Gasteiger partial charge in [-0.15, -0.1) is 0 Å². The Morgan fingerprint density at radius 1 is 1.06 bits per heavy atom. The highest BCUT2D eigenvalue weighted by atomic mass is 16.6. The highest BCUT2D eigenvalue weighted by Crippen LogP contribution is 2.65. The Labute approximate surface area is 189 Å². The Kier molecular flexibility index (Phi) is 4.07. The van der Waals surface area contributed by atoms with Crippen molar-refractivity contribution in [2.24, 2.45) is 5.92 Å². The maximum Gasteiger partial charge on any atom is 0.165 e. The molecule has 2 aliphatic heterocycles. The maximum atomic E-state index is 12.5. The van der Waals surface area contributed by atoms with Crippen molar-refractivity contribution >= 4 is 0 Å². The summed E-state index contributed by atoms with van der Waals surface area (Å²) in [6.45, 7) is 2.61. The van der Waals surface area contributed by atoms with Crippen LogP contribution < -0.4 is 4.74 Å². The van der Waals surface area contributed by atoms with Crippen molar-refractivity contribution in [2.75, 3.05) is 13.1 Å². The number of aliphatic hydroxyl groups is 1. The molecule has 7 rings (SSSR count). The Balaban J connectivity index is 1.29. The number of aromatic hydroxyl groups is 1. The zero-order valence-electron chi connectivity index (χ0n) is 18.4. The molecule has 5 atom stereocenters. The van der Waals surface area contributed by atoms with Gasteiger partial charge in [0.2, 0.25) is 0 Å². The zero-order valence-corrected chi connectivity index (χ0v) is 18.4. The second-order valence-corrected chi connectivity index (χ2v) is 10.7. The van der Waals surface area contributed by atoms with Crippen LogP contribution in [-0.4, -0.2) is 52.1 Å². The number of piperidine rings is 1. The molecule has 5 heteroatoms. The summed E-state index contributed by atoms with van der Waals surface area (Å²) in [6.07, 6.45) is 5.44. The van der Waals surface area contributed by atoms with Gasteiger partial charge in [0, 0.05) is 18.2 Å². The Hall–Kier alpha value is -2.08. The van der Waals surface area contributed by atoms with Gasteiger partial charge in [0.15, 0.2) is 11.5 Å². The number of benzene rings is 2. The van der Waals surface area contributed by atoms with E-state index >= 15 is 0 Å². The maximum absolute atomic E-state index is 12.5. The first-order valence-electron chi connectivity index (χ1n) is 12.2. The van der Waals surface area contributed by atoms with Gasteiger partial charge in [-0.1, -0.05) is 36.4 Å². The highest BCUT2D eigenvalue weighted by molar-refractivity contribution is 5.62. The summed E-state index contributed by atoms with van der Waals surface area (Å²) < 4.78 is 13.0. The van der Waals surface area contributed by atoms with Crippen LogP contribution in [0.15, 0.2) is 42.5 Å². The quantitative estimate of drug-likeness (QED) is 0.755. The molecule has 2 bridgehead atoms. The first-order valence-corrected chi connectivity index (χ1v) is 12.2. The molecule has 32 heavy (non-hydrogen) atoms. The molecule has 3 fully saturated rings. The largest absolute Gasteiger partial charge is 0.504 e. The van der Waals surface area contributed by atoms with Crippen LogP contribution in [-0.2, 0) is 23.2 Å². The molecular formula is C27H31NO4. The lowest BCUT2D eigenvalue weighted by Gasteiger charge is -2.64. The molecule has 168 valence electrons. The summed E-state index contributed by atoms with van der Waals surface area (Å²) in [7, 11) is 0. The molecule has 5 aliphatic rings. The fourth-order valence-corrected chi connectivity index (χ4v) is 7.38. The predicted octanol–water partition coefficient (Wildman–Crippen LogP) is 3.54. The van der Waals surface area contributed by atoms with E-state index in [0.717, 1.165) is 49.4 Å². The number of phenols is 1. The predicted molar refractivity (Wildman–Crippen MR) is 120 cm³/mol. The molecule has 0 aromatic heterocycles. The molecular weight excluding hydrogens is 402 g/mol. The number of ether oxygens (including phenoxy) is 2. The molecule has 2 aromatic carbocycles. The van der Waals surface area contributed by atoms with E-state index in [1.54, 1.807) is 6.07 Å². The minimum atomic E-state index is -0.844. The molecule has 5 nitrogen and oxygen atoms in total. The number of hydrogen-bond acceptors (Lipinski definition) is 5. The van der Waals surface area contributed by atoms with Crippen LogP contribution in [0.4, 0.5) is 0 Å². The molecule has 3 aliphatic carbocycles. The van der Waals surface area contributed by atoms with E-state index in [-0.39, 0.29) is 24.0 Å². The monoisotopic (exact) mass is 433 g/mol. The van der Waals surface area contributed by atoms with Gasteiger partial charge in [-0.05, 0) is 68.2 Å². The SMILES string of the molecule is Oc1ccc2c3c1OC1C(OCc4ccccc4)CC[C@@]4(O)[C@@H](C2)N(CC2CC2)CC[C@]314. The minimum Gasteiger partial charge on any atom is -0.504 e. The van der Waals surface area contributed by atoms with E-state index in [4.69, 9.17) is 9.47 Å². The number of hydrogen-bond donors (Lipinski definition) is 2. The van der Waals surface area contributed by atoms with Crippen LogP contribution in [0.2, 0.25) is 0 Å². The van der Waals surface area contributed by atoms with Gasteiger partial charge >= 0.3 is 0 Å². The van der Waals surface area contributed by atoms with Crippen molar-refractivity contribution in [3.05, 3.63) is 59.2 Å². The molecule has 2 N–H and O–H groups in total. The van der Waals surface area contributed by atoms with Crippen LogP contribution >= 0.6 is 0 Å². The standard InChI is InChI=1S/C27H31NO4/c29-20-9-8-19-14-22-27(30)11-10-21(31-16-18-4-2-1-3-5-18)25-26(27,23(19)24(20)32-25)12-13-28(22)15-17-6-7-17/h1-5,8-9,17,21-22,25,29-30H,6-7,10-16H2/t21?,22-,25?,26+,27-/m1/s1. The summed E-state index contributed by atoms with van der Waals surface area (Å²) in [6, 6.07) is 14.2. The fraction of sp³-hybridized carbons (Fsp3) is 0.556. The third kappa shape index (κ3) is 2.50. The molecule has 0 radical (unpaired) electrons. The third-order valence-corrected chi connectivity index (χ3v) is 9.02. The van der Waals surface area contributed by atoms with E-state index in [0.29, 0.717) is 18.8 Å². The van der Waals surface area contributed by atoms with Gasteiger partial charge in [-0.2, -0.15) is 0 Å². The van der Waals surface area contributed by atoms with Crippen LogP contribution in [0, 0.1) is 5.92 Å². The smallest absolute Gasteiger partial charge is 0.165 e. The Bertz CT molecular complexity index is 1050. The number of nitrogens with zero attached hydrogens (tertiary/aromatic N) is 1. The lowest BCUT2D eigenvalue weighted by molar-refractivity contribution is -0.217. The summed E-state index contributed by atoms with van der Waals surface area (Å²) in [5, 5.41) is 23.2. The van der Waals surface area contributed by atoms with Crippen molar-refractivity contribution in [1.29, 1.82) is 0 Å². The van der Waals surface area contributed by atoms with Gasteiger partial charge in [0.25, 0.3) is 0 Å². The normalized spacial score (nSPS) is 37.1. The number of rotatable bonds is 5. The van der Waals surface area contributed by atoms with Crippen molar-refractivity contribution in [2.45, 2.75) is 74.4 Å². The van der Waals surface area contributed by atoms with Crippen molar-refractivity contribution in [3.63, 3.8) is 0 Å². The van der Waals surface area contributed by atoms with Crippen molar-refractivity contribution in [1.82, 2.24) is 4.90 Å². The van der Waals surface area contributed by atoms with Crippen LogP contribution in [0.25, 0.3) is 0 Å². The lowest BCUT2D eigenvalue weighted by Crippen LogP contribution is -2.77. The van der Waals surface area contributed by atoms with Crippen molar-refractivity contribution < 1.29 is 19.7 Å². The summed E-state index contributed by atoms with van der Waals surface area (Å²) in [4.78, 5) is 2.57. The van der Waals surface area contributed by atoms with Gasteiger partial charge in [0.1, 0.15) is 6.10 Å². The first kappa shape index (κ1) is 19.4. The third-order valence-electron chi connectivity index (χ3n) is 9.02. The van der Waals surface area contributed by atoms with E-state index < -0.39 is 11.0 Å². The summed E-state index contributed by atoms with van der Waals surface area (Å²) >= 11 is 0. The average Bonchev–Trinajstić information content (AvgIpc) is 3.54. The summed E-state index contributed by atoms with van der Waals surface area (Å²) in [5.41, 5.74) is 2.10. The lowest BCUT2D eigenvalue weighted by atomic mass is 9.48. The molecule has 0 amide bonds. The van der Waals surface area contributed by atoms with E-state index in [2.05, 4.69) is 23.1 Å². The number of phenolic OH excluding ortho intramolecular Hbond substituents is 1. The molecule has 2 aromatic rings. The number of likely N-dealkylation sites (tertiary alicyclic amines) is 1. The van der Waals surface area contributed by atoms with E-state index in [9.17, 15) is 10.2 Å². The van der Waals surface area contributed by atoms with Crippen molar-refractivity contribution in [3.8, 4) is 11.5 Å². The molecule has 2 saturated carbocycles.